The van der Waals surface area contributed by atoms with E-state index < -0.39 is 12.1 Å². The molecule has 2 heterocycles. The van der Waals surface area contributed by atoms with Crippen molar-refractivity contribution in [2.45, 2.75) is 38.8 Å². The maximum Gasteiger partial charge on any atom is 0.321 e. The number of nitrogens with one attached hydrogen (secondary N) is 2. The fourth-order valence-corrected chi connectivity index (χ4v) is 5.26. The number of hydrogen-bond donors (Lipinski definition) is 3. The van der Waals surface area contributed by atoms with E-state index in [-0.39, 0.29) is 56.5 Å². The van der Waals surface area contributed by atoms with Gasteiger partial charge in [-0.3, -0.25) is 9.59 Å². The highest BCUT2D eigenvalue weighted by atomic mass is 16.7. The van der Waals surface area contributed by atoms with Crippen molar-refractivity contribution in [3.05, 3.63) is 77.9 Å². The van der Waals surface area contributed by atoms with E-state index >= 15 is 0 Å². The monoisotopic (exact) mass is 602 g/mol. The molecule has 0 aromatic heterocycles. The number of likely N-dealkylation sites (N-methyl/N-ethyl adjacent to an activating group) is 1. The van der Waals surface area contributed by atoms with E-state index in [4.69, 9.17) is 14.2 Å². The van der Waals surface area contributed by atoms with Gasteiger partial charge in [-0.25, -0.2) is 4.79 Å². The number of hydrogen-bond acceptors (Lipinski definition) is 7. The molecule has 0 saturated heterocycles. The van der Waals surface area contributed by atoms with Crippen LogP contribution in [0.15, 0.2) is 66.7 Å². The van der Waals surface area contributed by atoms with E-state index in [1.165, 1.54) is 4.90 Å². The summed E-state index contributed by atoms with van der Waals surface area (Å²) in [6.07, 6.45) is -0.240. The maximum atomic E-state index is 13.5. The molecule has 0 bridgehead atoms. The van der Waals surface area contributed by atoms with Crippen LogP contribution in [0.2, 0.25) is 0 Å². The Bertz CT molecular complexity index is 1500. The minimum atomic E-state index is -0.487. The predicted octanol–water partition coefficient (Wildman–Crippen LogP) is 3.91. The first-order valence-corrected chi connectivity index (χ1v) is 14.7. The van der Waals surface area contributed by atoms with Gasteiger partial charge in [-0.1, -0.05) is 37.3 Å². The van der Waals surface area contributed by atoms with Crippen molar-refractivity contribution >= 4 is 29.2 Å². The summed E-state index contributed by atoms with van der Waals surface area (Å²) < 4.78 is 17.3. The number of ether oxygens (including phenoxy) is 3. The van der Waals surface area contributed by atoms with Gasteiger partial charge in [-0.15, -0.1) is 0 Å². The molecular weight excluding hydrogens is 564 g/mol. The first-order valence-electron chi connectivity index (χ1n) is 14.7. The quantitative estimate of drug-likeness (QED) is 0.357. The second-order valence-electron chi connectivity index (χ2n) is 11.3. The molecule has 0 spiro atoms. The molecule has 3 aromatic rings. The van der Waals surface area contributed by atoms with Crippen LogP contribution in [0.4, 0.5) is 16.2 Å². The van der Waals surface area contributed by atoms with Crippen LogP contribution in [0.5, 0.6) is 17.2 Å². The lowest BCUT2D eigenvalue weighted by molar-refractivity contribution is -0.134. The second kappa shape index (κ2) is 13.7. The summed E-state index contributed by atoms with van der Waals surface area (Å²) in [7, 11) is 1.68. The van der Waals surface area contributed by atoms with E-state index in [1.54, 1.807) is 55.3 Å². The Balaban J connectivity index is 1.34. The van der Waals surface area contributed by atoms with Gasteiger partial charge in [-0.05, 0) is 42.8 Å². The highest BCUT2D eigenvalue weighted by Crippen LogP contribution is 2.34. The third-order valence-electron chi connectivity index (χ3n) is 7.83. The van der Waals surface area contributed by atoms with Crippen molar-refractivity contribution in [3.63, 3.8) is 0 Å². The smallest absolute Gasteiger partial charge is 0.321 e. The Morgan fingerprint density at radius 3 is 2.45 bits per heavy atom. The van der Waals surface area contributed by atoms with Crippen LogP contribution < -0.4 is 24.8 Å². The lowest BCUT2D eigenvalue weighted by Crippen LogP contribution is -2.48. The number of amides is 4. The van der Waals surface area contributed by atoms with Crippen LogP contribution in [0.1, 0.15) is 25.0 Å². The third-order valence-corrected chi connectivity index (χ3v) is 7.83. The van der Waals surface area contributed by atoms with E-state index in [0.29, 0.717) is 40.7 Å². The molecule has 5 rings (SSSR count). The molecule has 232 valence electrons. The topological polar surface area (TPSA) is 130 Å². The summed E-state index contributed by atoms with van der Waals surface area (Å²) in [5, 5.41) is 15.7. The molecule has 4 amide bonds. The van der Waals surface area contributed by atoms with Gasteiger partial charge < -0.3 is 39.8 Å². The molecular formula is C33H38N4O7. The number of urea groups is 1. The van der Waals surface area contributed by atoms with Crippen LogP contribution in [0.3, 0.4) is 0 Å². The Labute approximate surface area is 256 Å². The number of nitrogens with zero attached hydrogens (tertiary/aromatic N) is 2. The van der Waals surface area contributed by atoms with Crippen LogP contribution in [-0.2, 0) is 22.4 Å². The van der Waals surface area contributed by atoms with Gasteiger partial charge in [0.15, 0.2) is 11.5 Å². The standard InChI is InChI=1S/C33H38N4O7/c1-21-17-37(22(2)19-38)32(40)15-24-14-25(34-31(39)13-23-7-5-4-6-8-23)9-11-27(24)44-30(21)18-36(3)33(41)35-26-10-12-28-29(16-26)43-20-42-28/h4-12,14,16,21-22,30,38H,13,15,17-20H2,1-3H3,(H,34,39)(H,35,41)/t21-,22+,30-/m0/s1. The zero-order chi connectivity index (χ0) is 31.2. The Kier molecular flexibility index (Phi) is 9.54. The SMILES string of the molecule is C[C@H](CO)N1C[C@H](C)[C@H](CN(C)C(=O)Nc2ccc3c(c2)OCO3)Oc2ccc(NC(=O)Cc3ccccc3)cc2CC1=O. The fraction of sp³-hybridized carbons (Fsp3) is 0.364. The predicted molar refractivity (Wildman–Crippen MR) is 165 cm³/mol. The molecule has 0 radical (unpaired) electrons. The normalized spacial score (nSPS) is 18.2. The lowest BCUT2D eigenvalue weighted by atomic mass is 10.0. The number of carbonyl (C=O) groups excluding carboxylic acids is 3. The first kappa shape index (κ1) is 30.7. The first-order chi connectivity index (χ1) is 21.2. The summed E-state index contributed by atoms with van der Waals surface area (Å²) >= 11 is 0. The molecule has 3 aromatic carbocycles. The molecule has 44 heavy (non-hydrogen) atoms. The highest BCUT2D eigenvalue weighted by molar-refractivity contribution is 5.93. The van der Waals surface area contributed by atoms with E-state index in [0.717, 1.165) is 5.56 Å². The number of anilines is 2. The minimum absolute atomic E-state index is 0.0297. The molecule has 2 aliphatic heterocycles. The second-order valence-corrected chi connectivity index (χ2v) is 11.3. The molecule has 0 saturated carbocycles. The summed E-state index contributed by atoms with van der Waals surface area (Å²) in [6.45, 7) is 4.26. The van der Waals surface area contributed by atoms with Crippen molar-refractivity contribution in [1.29, 1.82) is 0 Å². The Morgan fingerprint density at radius 1 is 1.00 bits per heavy atom. The largest absolute Gasteiger partial charge is 0.488 e. The summed E-state index contributed by atoms with van der Waals surface area (Å²) in [6, 6.07) is 19.1. The zero-order valence-electron chi connectivity index (χ0n) is 25.1. The van der Waals surface area contributed by atoms with Gasteiger partial charge in [0, 0.05) is 42.5 Å². The van der Waals surface area contributed by atoms with Crippen LogP contribution >= 0.6 is 0 Å². The summed E-state index contributed by atoms with van der Waals surface area (Å²) in [4.78, 5) is 42.6. The number of aliphatic hydroxyl groups is 1. The van der Waals surface area contributed by atoms with Crippen molar-refractivity contribution in [1.82, 2.24) is 9.80 Å². The van der Waals surface area contributed by atoms with Crippen molar-refractivity contribution in [2.24, 2.45) is 5.92 Å². The average molecular weight is 603 g/mol. The number of benzene rings is 3. The molecule has 11 nitrogen and oxygen atoms in total. The van der Waals surface area contributed by atoms with Gasteiger partial charge >= 0.3 is 6.03 Å². The average Bonchev–Trinajstić information content (AvgIpc) is 3.49. The number of carbonyl (C=O) groups is 3. The summed E-state index contributed by atoms with van der Waals surface area (Å²) in [5.74, 6) is 1.16. The Hall–Kier alpha value is -4.77. The van der Waals surface area contributed by atoms with E-state index in [1.807, 2.05) is 37.3 Å². The molecule has 2 aliphatic rings. The van der Waals surface area contributed by atoms with Gasteiger partial charge in [0.2, 0.25) is 18.6 Å². The number of fused-ring (bicyclic) bond motifs is 2. The lowest BCUT2D eigenvalue weighted by Gasteiger charge is -2.34. The van der Waals surface area contributed by atoms with Crippen LogP contribution in [0.25, 0.3) is 0 Å². The van der Waals surface area contributed by atoms with Crippen molar-refractivity contribution in [2.75, 3.05) is 44.2 Å². The molecule has 3 atom stereocenters. The van der Waals surface area contributed by atoms with E-state index in [2.05, 4.69) is 10.6 Å². The minimum Gasteiger partial charge on any atom is -0.488 e. The van der Waals surface area contributed by atoms with Gasteiger partial charge in [-0.2, -0.15) is 0 Å². The highest BCUT2D eigenvalue weighted by Gasteiger charge is 2.32. The Morgan fingerprint density at radius 2 is 1.70 bits per heavy atom. The van der Waals surface area contributed by atoms with Crippen molar-refractivity contribution < 1.29 is 33.7 Å². The number of aliphatic hydroxyl groups excluding tert-OH is 1. The number of rotatable bonds is 8. The molecule has 0 fully saturated rings. The molecule has 0 aliphatic carbocycles. The third kappa shape index (κ3) is 7.41. The summed E-state index contributed by atoms with van der Waals surface area (Å²) in [5.41, 5.74) is 2.61. The van der Waals surface area contributed by atoms with Gasteiger partial charge in [0.25, 0.3) is 0 Å². The van der Waals surface area contributed by atoms with Gasteiger partial charge in [0.1, 0.15) is 11.9 Å². The zero-order valence-corrected chi connectivity index (χ0v) is 25.1. The fourth-order valence-electron chi connectivity index (χ4n) is 5.26. The molecule has 3 N–H and O–H groups in total. The molecule has 0 unspecified atom stereocenters. The van der Waals surface area contributed by atoms with Crippen LogP contribution in [0, 0.1) is 5.92 Å². The maximum absolute atomic E-state index is 13.5. The van der Waals surface area contributed by atoms with E-state index in [9.17, 15) is 19.5 Å². The van der Waals surface area contributed by atoms with Gasteiger partial charge in [0.05, 0.1) is 32.0 Å². The molecule has 11 heteroatoms. The van der Waals surface area contributed by atoms with Crippen LogP contribution in [-0.4, -0.2) is 78.4 Å². The van der Waals surface area contributed by atoms with Crippen molar-refractivity contribution in [3.8, 4) is 17.2 Å².